The van der Waals surface area contributed by atoms with E-state index in [0.717, 1.165) is 26.5 Å². The molecule has 1 N–H and O–H groups in total. The second-order valence-corrected chi connectivity index (χ2v) is 6.33. The van der Waals surface area contributed by atoms with Gasteiger partial charge in [0.15, 0.2) is 6.10 Å². The normalized spacial score (nSPS) is 16.3. The molecule has 22 heavy (non-hydrogen) atoms. The van der Waals surface area contributed by atoms with Crippen LogP contribution in [0.2, 0.25) is 0 Å². The third kappa shape index (κ3) is 2.44. The predicted octanol–water partition coefficient (Wildman–Crippen LogP) is 2.92. The van der Waals surface area contributed by atoms with Crippen LogP contribution < -0.4 is 10.1 Å². The van der Waals surface area contributed by atoms with E-state index in [9.17, 15) is 4.79 Å². The quantitative estimate of drug-likeness (QED) is 0.809. The second kappa shape index (κ2) is 5.42. The molecular formula is C17H14N2O2S. The Kier molecular flexibility index (Phi) is 3.27. The van der Waals surface area contributed by atoms with Crippen molar-refractivity contribution < 1.29 is 9.53 Å². The molecule has 1 atom stereocenters. The smallest absolute Gasteiger partial charge is 0.261 e. The Morgan fingerprint density at radius 2 is 2.05 bits per heavy atom. The average molecular weight is 310 g/mol. The lowest BCUT2D eigenvalue weighted by molar-refractivity contribution is -0.127. The molecule has 0 saturated carbocycles. The van der Waals surface area contributed by atoms with Crippen LogP contribution in [-0.2, 0) is 17.8 Å². The summed E-state index contributed by atoms with van der Waals surface area (Å²) in [5, 5.41) is 3.83. The van der Waals surface area contributed by atoms with Crippen molar-refractivity contribution in [2.24, 2.45) is 0 Å². The number of ether oxygens (including phenoxy) is 1. The molecule has 2 aromatic carbocycles. The van der Waals surface area contributed by atoms with E-state index < -0.39 is 6.10 Å². The van der Waals surface area contributed by atoms with Crippen molar-refractivity contribution in [3.05, 3.63) is 59.1 Å². The number of hydrogen-bond donors (Lipinski definition) is 1. The van der Waals surface area contributed by atoms with Gasteiger partial charge in [-0.25, -0.2) is 4.98 Å². The molecule has 0 spiro atoms. The minimum absolute atomic E-state index is 0.0875. The van der Waals surface area contributed by atoms with Crippen LogP contribution in [0.3, 0.4) is 0 Å². The van der Waals surface area contributed by atoms with Gasteiger partial charge in [-0.1, -0.05) is 30.3 Å². The Morgan fingerprint density at radius 1 is 1.23 bits per heavy atom. The number of para-hydroxylation sites is 2. The van der Waals surface area contributed by atoms with E-state index in [1.165, 1.54) is 0 Å². The fraction of sp³-hybridized carbons (Fsp3) is 0.176. The lowest BCUT2D eigenvalue weighted by atomic mass is 10.1. The van der Waals surface area contributed by atoms with Gasteiger partial charge in [0.2, 0.25) is 0 Å². The van der Waals surface area contributed by atoms with Gasteiger partial charge in [-0.15, -0.1) is 11.3 Å². The van der Waals surface area contributed by atoms with Crippen molar-refractivity contribution in [2.45, 2.75) is 19.1 Å². The van der Waals surface area contributed by atoms with Gasteiger partial charge in [0.1, 0.15) is 10.8 Å². The highest BCUT2D eigenvalue weighted by Crippen LogP contribution is 2.28. The van der Waals surface area contributed by atoms with Gasteiger partial charge in [0, 0.05) is 6.42 Å². The van der Waals surface area contributed by atoms with E-state index in [1.54, 1.807) is 11.3 Å². The zero-order valence-electron chi connectivity index (χ0n) is 11.8. The number of hydrogen-bond acceptors (Lipinski definition) is 4. The van der Waals surface area contributed by atoms with Gasteiger partial charge in [0.25, 0.3) is 5.91 Å². The summed E-state index contributed by atoms with van der Waals surface area (Å²) in [6, 6.07) is 15.7. The van der Waals surface area contributed by atoms with Gasteiger partial charge in [0.05, 0.1) is 16.8 Å². The first-order valence-corrected chi connectivity index (χ1v) is 7.98. The summed E-state index contributed by atoms with van der Waals surface area (Å²) in [5.74, 6) is 0.720. The topological polar surface area (TPSA) is 51.2 Å². The fourth-order valence-corrected chi connectivity index (χ4v) is 3.51. The van der Waals surface area contributed by atoms with Crippen molar-refractivity contribution in [3.63, 3.8) is 0 Å². The van der Waals surface area contributed by atoms with E-state index >= 15 is 0 Å². The number of amides is 1. The van der Waals surface area contributed by atoms with Gasteiger partial charge in [-0.05, 0) is 23.8 Å². The van der Waals surface area contributed by atoms with Crippen LogP contribution in [0.1, 0.15) is 10.6 Å². The zero-order valence-corrected chi connectivity index (χ0v) is 12.6. The maximum atomic E-state index is 12.2. The third-order valence-electron chi connectivity index (χ3n) is 3.69. The molecule has 1 amide bonds. The summed E-state index contributed by atoms with van der Waals surface area (Å²) in [6.07, 6.45) is 0.189. The van der Waals surface area contributed by atoms with Crippen LogP contribution in [-0.4, -0.2) is 17.0 Å². The van der Waals surface area contributed by atoms with Crippen LogP contribution in [0.25, 0.3) is 10.2 Å². The fourth-order valence-electron chi connectivity index (χ4n) is 2.60. The standard InChI is InChI=1S/C17H14N2O2S/c20-17(14-9-11-5-1-3-7-13(11)21-14)18-10-16-19-12-6-2-4-8-15(12)22-16/h1-8,14H,9-10H2,(H,18,20)/t14-/m1/s1. The Labute approximate surface area is 131 Å². The number of carbonyl (C=O) groups is 1. The number of benzene rings is 2. The van der Waals surface area contributed by atoms with Crippen LogP contribution in [0.4, 0.5) is 0 Å². The number of rotatable bonds is 3. The molecular weight excluding hydrogens is 296 g/mol. The maximum Gasteiger partial charge on any atom is 0.261 e. The lowest BCUT2D eigenvalue weighted by Crippen LogP contribution is -2.36. The van der Waals surface area contributed by atoms with Gasteiger partial charge in [-0.2, -0.15) is 0 Å². The molecule has 0 radical (unpaired) electrons. The summed E-state index contributed by atoms with van der Waals surface area (Å²) >= 11 is 1.60. The number of fused-ring (bicyclic) bond motifs is 2. The van der Waals surface area contributed by atoms with E-state index in [2.05, 4.69) is 10.3 Å². The molecule has 0 fully saturated rings. The molecule has 5 heteroatoms. The summed E-state index contributed by atoms with van der Waals surface area (Å²) in [4.78, 5) is 16.8. The molecule has 1 aliphatic rings. The monoisotopic (exact) mass is 310 g/mol. The van der Waals surface area contributed by atoms with Crippen molar-refractivity contribution in [3.8, 4) is 5.75 Å². The van der Waals surface area contributed by atoms with Crippen molar-refractivity contribution in [1.82, 2.24) is 10.3 Å². The van der Waals surface area contributed by atoms with Gasteiger partial charge < -0.3 is 10.1 Å². The minimum atomic E-state index is -0.438. The number of aromatic nitrogens is 1. The number of thiazole rings is 1. The zero-order chi connectivity index (χ0) is 14.9. The Morgan fingerprint density at radius 3 is 2.91 bits per heavy atom. The molecule has 3 aromatic rings. The highest BCUT2D eigenvalue weighted by Gasteiger charge is 2.28. The van der Waals surface area contributed by atoms with Gasteiger partial charge in [-0.3, -0.25) is 4.79 Å². The van der Waals surface area contributed by atoms with Crippen LogP contribution in [0, 0.1) is 0 Å². The van der Waals surface area contributed by atoms with Crippen molar-refractivity contribution in [1.29, 1.82) is 0 Å². The highest BCUT2D eigenvalue weighted by atomic mass is 32.1. The first kappa shape index (κ1) is 13.3. The predicted molar refractivity (Wildman–Crippen MR) is 86.0 cm³/mol. The molecule has 2 heterocycles. The Balaban J connectivity index is 1.41. The minimum Gasteiger partial charge on any atom is -0.480 e. The number of nitrogens with zero attached hydrogens (tertiary/aromatic N) is 1. The van der Waals surface area contributed by atoms with E-state index in [-0.39, 0.29) is 5.91 Å². The van der Waals surface area contributed by atoms with Crippen LogP contribution in [0.5, 0.6) is 5.75 Å². The Bertz CT molecular complexity index is 785. The molecule has 0 aliphatic carbocycles. The maximum absolute atomic E-state index is 12.2. The average Bonchev–Trinajstić information content (AvgIpc) is 3.15. The lowest BCUT2D eigenvalue weighted by Gasteiger charge is -2.10. The van der Waals surface area contributed by atoms with Gasteiger partial charge >= 0.3 is 0 Å². The number of carbonyl (C=O) groups excluding carboxylic acids is 1. The van der Waals surface area contributed by atoms with Crippen LogP contribution in [0.15, 0.2) is 48.5 Å². The summed E-state index contributed by atoms with van der Waals surface area (Å²) < 4.78 is 6.82. The Hall–Kier alpha value is -2.40. The van der Waals surface area contributed by atoms with Crippen molar-refractivity contribution in [2.75, 3.05) is 0 Å². The van der Waals surface area contributed by atoms with E-state index in [0.29, 0.717) is 13.0 Å². The molecule has 1 aliphatic heterocycles. The largest absolute Gasteiger partial charge is 0.480 e. The molecule has 0 saturated heterocycles. The van der Waals surface area contributed by atoms with Crippen molar-refractivity contribution >= 4 is 27.5 Å². The highest BCUT2D eigenvalue weighted by molar-refractivity contribution is 7.18. The SMILES string of the molecule is O=C(NCc1nc2ccccc2s1)[C@H]1Cc2ccccc2O1. The third-order valence-corrected chi connectivity index (χ3v) is 4.73. The molecule has 0 bridgehead atoms. The second-order valence-electron chi connectivity index (χ2n) is 5.21. The van der Waals surface area contributed by atoms with E-state index in [1.807, 2.05) is 48.5 Å². The summed E-state index contributed by atoms with van der Waals surface area (Å²) in [5.41, 5.74) is 2.06. The van der Waals surface area contributed by atoms with E-state index in [4.69, 9.17) is 4.74 Å². The number of nitrogens with one attached hydrogen (secondary N) is 1. The molecule has 1 aromatic heterocycles. The summed E-state index contributed by atoms with van der Waals surface area (Å²) in [7, 11) is 0. The van der Waals surface area contributed by atoms with Crippen LogP contribution >= 0.6 is 11.3 Å². The first-order chi connectivity index (χ1) is 10.8. The first-order valence-electron chi connectivity index (χ1n) is 7.16. The summed E-state index contributed by atoms with van der Waals surface area (Å²) in [6.45, 7) is 0.439. The molecule has 4 nitrogen and oxygen atoms in total. The molecule has 110 valence electrons. The molecule has 0 unspecified atom stereocenters. The molecule has 4 rings (SSSR count).